The number of hydrogen-bond donors (Lipinski definition) is 2. The topological polar surface area (TPSA) is 84.0 Å². The lowest BCUT2D eigenvalue weighted by atomic mass is 10.1. The van der Waals surface area contributed by atoms with Crippen molar-refractivity contribution < 1.29 is 9.59 Å². The molecule has 2 aromatic rings. The molecule has 0 atom stereocenters. The van der Waals surface area contributed by atoms with Crippen LogP contribution in [-0.2, 0) is 0 Å². The van der Waals surface area contributed by atoms with E-state index in [9.17, 15) is 9.59 Å². The summed E-state index contributed by atoms with van der Waals surface area (Å²) in [4.78, 5) is 32.5. The van der Waals surface area contributed by atoms with E-state index in [1.807, 2.05) is 0 Å². The van der Waals surface area contributed by atoms with E-state index in [2.05, 4.69) is 44.3 Å². The summed E-state index contributed by atoms with van der Waals surface area (Å²) in [6.07, 6.45) is 22.6. The summed E-state index contributed by atoms with van der Waals surface area (Å²) in [6.45, 7) is 0.844. The summed E-state index contributed by atoms with van der Waals surface area (Å²) < 4.78 is 0. The number of rotatable bonds is 7. The highest BCUT2D eigenvalue weighted by atomic mass is 16.2. The van der Waals surface area contributed by atoms with Crippen LogP contribution in [-0.4, -0.2) is 34.9 Å². The summed E-state index contributed by atoms with van der Waals surface area (Å²) in [7, 11) is 0. The van der Waals surface area contributed by atoms with Crippen LogP contribution in [0.5, 0.6) is 0 Å². The van der Waals surface area contributed by atoms with Crippen molar-refractivity contribution in [2.75, 3.05) is 13.1 Å². The molecule has 0 fully saturated rings. The first-order valence-corrected chi connectivity index (χ1v) is 8.97. The second kappa shape index (κ2) is 10.7. The van der Waals surface area contributed by atoms with Crippen LogP contribution in [0.1, 0.15) is 56.3 Å². The number of carbonyl (C=O) groups is 2. The molecule has 2 amide bonds. The van der Waals surface area contributed by atoms with E-state index in [1.54, 1.807) is 0 Å². The van der Waals surface area contributed by atoms with E-state index in [4.69, 9.17) is 25.7 Å². The quantitative estimate of drug-likeness (QED) is 0.548. The molecule has 0 bridgehead atoms. The molecule has 0 aromatic carbocycles. The number of amides is 2. The van der Waals surface area contributed by atoms with Crippen LogP contribution in [0, 0.1) is 49.4 Å². The molecule has 2 rings (SSSR count). The summed E-state index contributed by atoms with van der Waals surface area (Å²) in [5, 5.41) is 5.56. The Morgan fingerprint density at radius 1 is 0.667 bits per heavy atom. The molecular formula is C24H18N4O2. The van der Waals surface area contributed by atoms with Gasteiger partial charge >= 0.3 is 0 Å². The van der Waals surface area contributed by atoms with Gasteiger partial charge in [-0.2, -0.15) is 0 Å². The average Bonchev–Trinajstić information content (AvgIpc) is 2.79. The van der Waals surface area contributed by atoms with Crippen LogP contribution in [0.4, 0.5) is 0 Å². The molecule has 0 unspecified atom stereocenters. The molecule has 0 saturated heterocycles. The third kappa shape index (κ3) is 6.00. The third-order valence-electron chi connectivity index (χ3n) is 3.94. The first-order chi connectivity index (χ1) is 14.5. The average molecular weight is 394 g/mol. The zero-order valence-electron chi connectivity index (χ0n) is 16.2. The Bertz CT molecular complexity index is 982. The van der Waals surface area contributed by atoms with Gasteiger partial charge in [-0.1, -0.05) is 23.7 Å². The first-order valence-electron chi connectivity index (χ1n) is 8.97. The van der Waals surface area contributed by atoms with Crippen molar-refractivity contribution in [3.05, 3.63) is 58.2 Å². The lowest BCUT2D eigenvalue weighted by Gasteiger charge is -2.08. The van der Waals surface area contributed by atoms with E-state index in [0.717, 1.165) is 0 Å². The smallest absolute Gasteiger partial charge is 0.251 e. The lowest BCUT2D eigenvalue weighted by molar-refractivity contribution is 0.0939. The molecule has 6 heteroatoms. The Morgan fingerprint density at radius 3 is 1.23 bits per heavy atom. The van der Waals surface area contributed by atoms with E-state index in [1.165, 1.54) is 24.3 Å². The maximum Gasteiger partial charge on any atom is 0.251 e. The predicted octanol–water partition coefficient (Wildman–Crippen LogP) is 1.34. The number of carbonyl (C=O) groups excluding carboxylic acids is 2. The Kier molecular flexibility index (Phi) is 7.78. The monoisotopic (exact) mass is 394 g/mol. The summed E-state index contributed by atoms with van der Waals surface area (Å²) in [5.74, 6) is 8.87. The normalized spacial score (nSPS) is 9.33. The maximum atomic E-state index is 12.2. The maximum absolute atomic E-state index is 12.2. The number of aromatic nitrogens is 2. The Balaban J connectivity index is 1.79. The second-order valence-corrected chi connectivity index (χ2v) is 6.05. The number of nitrogens with one attached hydrogen (secondary N) is 2. The second-order valence-electron chi connectivity index (χ2n) is 6.05. The van der Waals surface area contributed by atoms with Gasteiger partial charge in [0.1, 0.15) is 22.8 Å². The van der Waals surface area contributed by atoms with Crippen molar-refractivity contribution in [2.45, 2.75) is 12.8 Å². The minimum absolute atomic E-state index is 0.296. The molecule has 146 valence electrons. The van der Waals surface area contributed by atoms with Crippen molar-refractivity contribution in [3.63, 3.8) is 0 Å². The zero-order chi connectivity index (χ0) is 21.9. The van der Waals surface area contributed by atoms with Crippen molar-refractivity contribution in [3.8, 4) is 49.4 Å². The largest absolute Gasteiger partial charge is 0.352 e. The Labute approximate surface area is 175 Å². The van der Waals surface area contributed by atoms with Gasteiger partial charge in [-0.3, -0.25) is 9.59 Å². The third-order valence-corrected chi connectivity index (χ3v) is 3.94. The molecular weight excluding hydrogens is 376 g/mol. The standard InChI is InChI=1S/C24H18N4O2/c1-5-19-13-17(14-20(6-2)27-19)23(29)25-11-9-10-12-26-24(30)18-15-21(7-3)28-22(8-4)16-18/h1-4,13-16H,9-12H2,(H,25,29)(H,26,30). The van der Waals surface area contributed by atoms with Gasteiger partial charge in [-0.25, -0.2) is 9.97 Å². The molecule has 2 heterocycles. The lowest BCUT2D eigenvalue weighted by Crippen LogP contribution is -2.27. The van der Waals surface area contributed by atoms with Crippen LogP contribution in [0.3, 0.4) is 0 Å². The van der Waals surface area contributed by atoms with Crippen LogP contribution in [0.2, 0.25) is 0 Å². The fourth-order valence-electron chi connectivity index (χ4n) is 2.48. The van der Waals surface area contributed by atoms with Gasteiger partial charge in [-0.05, 0) is 37.1 Å². The van der Waals surface area contributed by atoms with E-state index in [-0.39, 0.29) is 11.8 Å². The molecule has 0 saturated carbocycles. The number of terminal acetylenes is 4. The van der Waals surface area contributed by atoms with Crippen LogP contribution < -0.4 is 10.6 Å². The molecule has 2 N–H and O–H groups in total. The molecule has 0 aliphatic carbocycles. The molecule has 2 aromatic heterocycles. The Morgan fingerprint density at radius 2 is 0.967 bits per heavy atom. The van der Waals surface area contributed by atoms with Gasteiger partial charge in [0.2, 0.25) is 0 Å². The number of nitrogens with zero attached hydrogens (tertiary/aromatic N) is 2. The number of unbranched alkanes of at least 4 members (excludes halogenated alkanes) is 1. The van der Waals surface area contributed by atoms with Gasteiger partial charge in [0.15, 0.2) is 0 Å². The van der Waals surface area contributed by atoms with Gasteiger partial charge < -0.3 is 10.6 Å². The van der Waals surface area contributed by atoms with Crippen molar-refractivity contribution >= 4 is 11.8 Å². The van der Waals surface area contributed by atoms with Crippen molar-refractivity contribution in [1.29, 1.82) is 0 Å². The predicted molar refractivity (Wildman–Crippen MR) is 114 cm³/mol. The van der Waals surface area contributed by atoms with E-state index in [0.29, 0.717) is 59.8 Å². The fourth-order valence-corrected chi connectivity index (χ4v) is 2.48. The summed E-state index contributed by atoms with van der Waals surface area (Å²) in [5.41, 5.74) is 1.91. The highest BCUT2D eigenvalue weighted by Gasteiger charge is 2.10. The van der Waals surface area contributed by atoms with Crippen LogP contribution in [0.15, 0.2) is 24.3 Å². The highest BCUT2D eigenvalue weighted by Crippen LogP contribution is 2.06. The van der Waals surface area contributed by atoms with Crippen molar-refractivity contribution in [2.24, 2.45) is 0 Å². The molecule has 0 aliphatic heterocycles. The van der Waals surface area contributed by atoms with Gasteiger partial charge in [0.25, 0.3) is 11.8 Å². The minimum atomic E-state index is -0.296. The summed E-state index contributed by atoms with van der Waals surface area (Å²) >= 11 is 0. The summed E-state index contributed by atoms with van der Waals surface area (Å²) in [6, 6.07) is 6.00. The molecule has 30 heavy (non-hydrogen) atoms. The van der Waals surface area contributed by atoms with Crippen LogP contribution >= 0.6 is 0 Å². The van der Waals surface area contributed by atoms with Crippen LogP contribution in [0.25, 0.3) is 0 Å². The minimum Gasteiger partial charge on any atom is -0.352 e. The molecule has 0 spiro atoms. The van der Waals surface area contributed by atoms with E-state index < -0.39 is 0 Å². The SMILES string of the molecule is C#Cc1cc(C(=O)NCCCCNC(=O)c2cc(C#C)nc(C#C)c2)cc(C#C)n1. The van der Waals surface area contributed by atoms with Gasteiger partial charge in [0.05, 0.1) is 0 Å². The van der Waals surface area contributed by atoms with Crippen molar-refractivity contribution in [1.82, 2.24) is 20.6 Å². The van der Waals surface area contributed by atoms with E-state index >= 15 is 0 Å². The molecule has 6 nitrogen and oxygen atoms in total. The number of pyridine rings is 2. The number of hydrogen-bond acceptors (Lipinski definition) is 4. The van der Waals surface area contributed by atoms with Gasteiger partial charge in [-0.15, -0.1) is 25.7 Å². The first kappa shape index (κ1) is 21.8. The molecule has 0 radical (unpaired) electrons. The molecule has 0 aliphatic rings. The fraction of sp³-hybridized carbons (Fsp3) is 0.167. The van der Waals surface area contributed by atoms with Gasteiger partial charge in [0, 0.05) is 24.2 Å². The zero-order valence-corrected chi connectivity index (χ0v) is 16.2. The Hall–Kier alpha value is -4.52. The highest BCUT2D eigenvalue weighted by molar-refractivity contribution is 5.95.